The lowest BCUT2D eigenvalue weighted by Gasteiger charge is -2.03. The van der Waals surface area contributed by atoms with Gasteiger partial charge in [-0.2, -0.15) is 0 Å². The van der Waals surface area contributed by atoms with Crippen LogP contribution in [0.25, 0.3) is 32.9 Å². The molecule has 0 amide bonds. The summed E-state index contributed by atoms with van der Waals surface area (Å²) >= 11 is 0. The van der Waals surface area contributed by atoms with Crippen LogP contribution in [0.4, 0.5) is 0 Å². The number of H-pyrrole nitrogens is 2. The Labute approximate surface area is 110 Å². The molecule has 0 spiro atoms. The van der Waals surface area contributed by atoms with Crippen molar-refractivity contribution in [2.24, 2.45) is 0 Å². The average molecular weight is 246 g/mol. The number of pyridine rings is 2. The van der Waals surface area contributed by atoms with Crippen LogP contribution in [0.5, 0.6) is 0 Å². The minimum absolute atomic E-state index is 0.928. The van der Waals surface area contributed by atoms with Gasteiger partial charge in [-0.1, -0.05) is 12.1 Å². The van der Waals surface area contributed by atoms with Gasteiger partial charge >= 0.3 is 0 Å². The van der Waals surface area contributed by atoms with Crippen LogP contribution in [0, 0.1) is 0 Å². The number of nitrogens with one attached hydrogen (secondary N) is 2. The van der Waals surface area contributed by atoms with Crippen molar-refractivity contribution in [3.05, 3.63) is 61.2 Å². The second-order valence-electron chi connectivity index (χ2n) is 4.55. The van der Waals surface area contributed by atoms with E-state index in [4.69, 9.17) is 0 Å². The molecule has 3 aromatic heterocycles. The van der Waals surface area contributed by atoms with Gasteiger partial charge in [0.1, 0.15) is 5.65 Å². The molecule has 0 fully saturated rings. The molecule has 0 atom stereocenters. The molecule has 3 heteroatoms. The second-order valence-corrected chi connectivity index (χ2v) is 4.55. The van der Waals surface area contributed by atoms with Crippen LogP contribution in [-0.2, 0) is 0 Å². The average Bonchev–Trinajstić information content (AvgIpc) is 2.90. The van der Waals surface area contributed by atoms with E-state index in [9.17, 15) is 0 Å². The number of nitrogens with zero attached hydrogens (tertiary/aromatic N) is 1. The van der Waals surface area contributed by atoms with Gasteiger partial charge in [-0.25, -0.2) is 9.97 Å². The largest absolute Gasteiger partial charge is 0.346 e. The minimum atomic E-state index is 0.928. The van der Waals surface area contributed by atoms with Crippen molar-refractivity contribution in [1.82, 2.24) is 9.97 Å². The maximum Gasteiger partial charge on any atom is 0.174 e. The normalized spacial score (nSPS) is 11.2. The highest BCUT2D eigenvalue weighted by molar-refractivity contribution is 6.03. The smallest absolute Gasteiger partial charge is 0.174 e. The standard InChI is InChI=1S/C16H11N3/c1-3-11-9-17-8-6-12(11)13(4-1)15-10-19-16-14(15)5-2-7-18-16/h1-10H,(H,18,19)/p+1. The molecule has 4 aromatic rings. The van der Waals surface area contributed by atoms with Crippen molar-refractivity contribution in [2.45, 2.75) is 0 Å². The van der Waals surface area contributed by atoms with Crippen LogP contribution in [-0.4, -0.2) is 9.97 Å². The summed E-state index contributed by atoms with van der Waals surface area (Å²) in [5, 5.41) is 3.60. The van der Waals surface area contributed by atoms with Crippen LogP contribution < -0.4 is 4.98 Å². The minimum Gasteiger partial charge on any atom is -0.346 e. The van der Waals surface area contributed by atoms with E-state index in [1.807, 2.05) is 24.7 Å². The van der Waals surface area contributed by atoms with E-state index in [1.54, 1.807) is 6.20 Å². The molecule has 0 aliphatic rings. The summed E-state index contributed by atoms with van der Waals surface area (Å²) in [5.41, 5.74) is 3.35. The molecule has 0 unspecified atom stereocenters. The van der Waals surface area contributed by atoms with Gasteiger partial charge in [-0.15, -0.1) is 0 Å². The molecule has 3 nitrogen and oxygen atoms in total. The van der Waals surface area contributed by atoms with Crippen molar-refractivity contribution in [3.63, 3.8) is 0 Å². The first-order chi connectivity index (χ1) is 9.43. The van der Waals surface area contributed by atoms with Crippen molar-refractivity contribution in [3.8, 4) is 11.1 Å². The van der Waals surface area contributed by atoms with Gasteiger partial charge in [-0.3, -0.25) is 0 Å². The Balaban J connectivity index is 2.10. The van der Waals surface area contributed by atoms with E-state index < -0.39 is 0 Å². The Bertz CT molecular complexity index is 872. The van der Waals surface area contributed by atoms with E-state index in [1.165, 1.54) is 21.9 Å². The third kappa shape index (κ3) is 1.52. The molecule has 3 heterocycles. The monoisotopic (exact) mass is 246 g/mol. The molecule has 0 radical (unpaired) electrons. The van der Waals surface area contributed by atoms with Crippen LogP contribution >= 0.6 is 0 Å². The van der Waals surface area contributed by atoms with Crippen LogP contribution in [0.15, 0.2) is 61.2 Å². The summed E-state index contributed by atoms with van der Waals surface area (Å²) in [5.74, 6) is 0. The number of hydrogen-bond acceptors (Lipinski definition) is 1. The first-order valence-corrected chi connectivity index (χ1v) is 6.25. The fraction of sp³-hybridized carbons (Fsp3) is 0. The third-order valence-corrected chi connectivity index (χ3v) is 3.47. The van der Waals surface area contributed by atoms with E-state index >= 15 is 0 Å². The Morgan fingerprint density at radius 2 is 1.95 bits per heavy atom. The zero-order valence-corrected chi connectivity index (χ0v) is 10.2. The quantitative estimate of drug-likeness (QED) is 0.550. The molecule has 0 bridgehead atoms. The van der Waals surface area contributed by atoms with Gasteiger partial charge in [0.2, 0.25) is 0 Å². The van der Waals surface area contributed by atoms with Crippen molar-refractivity contribution >= 4 is 21.8 Å². The highest BCUT2D eigenvalue weighted by Crippen LogP contribution is 2.32. The first kappa shape index (κ1) is 10.3. The predicted molar refractivity (Wildman–Crippen MR) is 75.6 cm³/mol. The maximum atomic E-state index is 4.35. The molecule has 0 saturated carbocycles. The highest BCUT2D eigenvalue weighted by Gasteiger charge is 2.10. The van der Waals surface area contributed by atoms with Crippen molar-refractivity contribution in [2.75, 3.05) is 0 Å². The lowest BCUT2D eigenvalue weighted by Crippen LogP contribution is -1.97. The topological polar surface area (TPSA) is 42.8 Å². The predicted octanol–water partition coefficient (Wildman–Crippen LogP) is 3.20. The van der Waals surface area contributed by atoms with E-state index in [0.717, 1.165) is 11.0 Å². The number of aromatic nitrogens is 3. The molecule has 90 valence electrons. The Kier molecular flexibility index (Phi) is 2.12. The lowest BCUT2D eigenvalue weighted by molar-refractivity contribution is -0.375. The zero-order valence-electron chi connectivity index (χ0n) is 10.2. The van der Waals surface area contributed by atoms with Gasteiger partial charge in [0.05, 0.1) is 0 Å². The molecule has 0 aliphatic carbocycles. The summed E-state index contributed by atoms with van der Waals surface area (Å²) in [7, 11) is 0. The SMILES string of the molecule is c1cc(-c2c[nH]c3ncccc23)c2cc[nH+]cc2c1. The summed E-state index contributed by atoms with van der Waals surface area (Å²) in [6.45, 7) is 0. The van der Waals surface area contributed by atoms with Crippen molar-refractivity contribution in [1.29, 1.82) is 0 Å². The molecular formula is C16H12N3+. The number of aromatic amines is 2. The van der Waals surface area contributed by atoms with Crippen LogP contribution in [0.1, 0.15) is 0 Å². The molecule has 19 heavy (non-hydrogen) atoms. The molecule has 0 aliphatic heterocycles. The lowest BCUT2D eigenvalue weighted by atomic mass is 10.00. The van der Waals surface area contributed by atoms with Gasteiger partial charge < -0.3 is 4.98 Å². The molecule has 1 aromatic carbocycles. The summed E-state index contributed by atoms with van der Waals surface area (Å²) in [6.07, 6.45) is 7.81. The van der Waals surface area contributed by atoms with Gasteiger partial charge in [-0.05, 0) is 23.8 Å². The van der Waals surface area contributed by atoms with E-state index in [0.29, 0.717) is 0 Å². The zero-order chi connectivity index (χ0) is 12.7. The Hall–Kier alpha value is -2.68. The van der Waals surface area contributed by atoms with Gasteiger partial charge in [0.25, 0.3) is 0 Å². The van der Waals surface area contributed by atoms with Crippen LogP contribution in [0.2, 0.25) is 0 Å². The number of hydrogen-bond donors (Lipinski definition) is 1. The second kappa shape index (κ2) is 3.92. The third-order valence-electron chi connectivity index (χ3n) is 3.47. The highest BCUT2D eigenvalue weighted by atomic mass is 14.8. The van der Waals surface area contributed by atoms with Gasteiger partial charge in [0.15, 0.2) is 12.4 Å². The van der Waals surface area contributed by atoms with Crippen molar-refractivity contribution < 1.29 is 4.98 Å². The summed E-state index contributed by atoms with van der Waals surface area (Å²) in [4.78, 5) is 10.7. The number of benzene rings is 1. The maximum absolute atomic E-state index is 4.35. The molecular weight excluding hydrogens is 234 g/mol. The Morgan fingerprint density at radius 3 is 2.95 bits per heavy atom. The van der Waals surface area contributed by atoms with E-state index in [-0.39, 0.29) is 0 Å². The fourth-order valence-corrected chi connectivity index (χ4v) is 2.58. The van der Waals surface area contributed by atoms with Gasteiger partial charge in [0, 0.05) is 40.2 Å². The summed E-state index contributed by atoms with van der Waals surface area (Å²) in [6, 6.07) is 12.5. The molecule has 4 rings (SSSR count). The van der Waals surface area contributed by atoms with E-state index in [2.05, 4.69) is 45.3 Å². The number of fused-ring (bicyclic) bond motifs is 2. The number of rotatable bonds is 1. The summed E-state index contributed by atoms with van der Waals surface area (Å²) < 4.78 is 0. The molecule has 2 N–H and O–H groups in total. The fourth-order valence-electron chi connectivity index (χ4n) is 2.58. The van der Waals surface area contributed by atoms with Crippen LogP contribution in [0.3, 0.4) is 0 Å². The molecule has 0 saturated heterocycles. The first-order valence-electron chi connectivity index (χ1n) is 6.25. The Morgan fingerprint density at radius 1 is 0.947 bits per heavy atom.